The van der Waals surface area contributed by atoms with Crippen LogP contribution in [-0.4, -0.2) is 28.1 Å². The number of nitrogens with one attached hydrogen (secondary N) is 1. The molecule has 3 rings (SSSR count). The lowest BCUT2D eigenvalue weighted by Crippen LogP contribution is -2.30. The topological polar surface area (TPSA) is 67.2 Å². The number of fused-ring (bicyclic) bond motifs is 1. The van der Waals surface area contributed by atoms with Crippen molar-refractivity contribution in [3.63, 3.8) is 0 Å². The third-order valence-corrected chi connectivity index (χ3v) is 4.56. The van der Waals surface area contributed by atoms with E-state index in [4.69, 9.17) is 0 Å². The van der Waals surface area contributed by atoms with Gasteiger partial charge in [-0.15, -0.1) is 0 Å². The molecule has 0 bridgehead atoms. The molecule has 1 aliphatic rings. The number of hydrogen-bond donors (Lipinski definition) is 1. The van der Waals surface area contributed by atoms with Gasteiger partial charge in [-0.3, -0.25) is 14.3 Å². The van der Waals surface area contributed by atoms with E-state index in [9.17, 15) is 9.59 Å². The monoisotopic (exact) mass is 352 g/mol. The maximum atomic E-state index is 12.5. The number of anilines is 1. The van der Waals surface area contributed by atoms with Crippen molar-refractivity contribution in [2.24, 2.45) is 0 Å². The summed E-state index contributed by atoms with van der Waals surface area (Å²) in [6.07, 6.45) is 3.46. The maximum Gasteiger partial charge on any atom is 0.251 e. The van der Waals surface area contributed by atoms with Gasteiger partial charge in [0, 0.05) is 30.0 Å². The normalized spacial score (nSPS) is 12.5. The largest absolute Gasteiger partial charge is 0.352 e. The quantitative estimate of drug-likeness (QED) is 0.813. The molecule has 136 valence electrons. The number of rotatable bonds is 6. The van der Waals surface area contributed by atoms with E-state index in [2.05, 4.69) is 23.1 Å². The molecule has 0 unspecified atom stereocenters. The van der Waals surface area contributed by atoms with Crippen LogP contribution in [0.25, 0.3) is 0 Å². The van der Waals surface area contributed by atoms with Crippen LogP contribution in [0.1, 0.15) is 40.7 Å². The molecule has 2 amide bonds. The van der Waals surface area contributed by atoms with E-state index >= 15 is 0 Å². The van der Waals surface area contributed by atoms with Crippen LogP contribution in [0, 0.1) is 6.92 Å². The molecule has 0 atom stereocenters. The summed E-state index contributed by atoms with van der Waals surface area (Å²) in [5, 5.41) is 7.38. The molecular weight excluding hydrogens is 328 g/mol. The molecular formula is C20H24N4O2. The van der Waals surface area contributed by atoms with Crippen LogP contribution in [0.4, 0.5) is 5.69 Å². The van der Waals surface area contributed by atoms with Gasteiger partial charge in [0.05, 0.1) is 12.2 Å². The van der Waals surface area contributed by atoms with Crippen LogP contribution in [0.3, 0.4) is 0 Å². The highest BCUT2D eigenvalue weighted by molar-refractivity contribution is 6.02. The van der Waals surface area contributed by atoms with Crippen molar-refractivity contribution < 1.29 is 9.59 Å². The Bertz CT molecular complexity index is 832. The molecule has 2 aromatic rings. The Morgan fingerprint density at radius 1 is 1.38 bits per heavy atom. The molecule has 2 heterocycles. The second-order valence-electron chi connectivity index (χ2n) is 6.44. The van der Waals surface area contributed by atoms with Crippen LogP contribution >= 0.6 is 0 Å². The Labute approximate surface area is 153 Å². The molecule has 0 saturated heterocycles. The number of amides is 2. The average Bonchev–Trinajstić information content (AvgIpc) is 3.21. The predicted octanol–water partition coefficient (Wildman–Crippen LogP) is 2.61. The summed E-state index contributed by atoms with van der Waals surface area (Å²) in [6.45, 7) is 9.29. The smallest absolute Gasteiger partial charge is 0.251 e. The first-order chi connectivity index (χ1) is 12.5. The summed E-state index contributed by atoms with van der Waals surface area (Å²) in [5.41, 5.74) is 4.28. The van der Waals surface area contributed by atoms with E-state index in [1.54, 1.807) is 17.0 Å². The summed E-state index contributed by atoms with van der Waals surface area (Å²) < 4.78 is 2.01. The first-order valence-electron chi connectivity index (χ1n) is 8.92. The van der Waals surface area contributed by atoms with Gasteiger partial charge in [0.15, 0.2) is 0 Å². The van der Waals surface area contributed by atoms with E-state index in [1.807, 2.05) is 24.6 Å². The van der Waals surface area contributed by atoms with Crippen molar-refractivity contribution in [1.82, 2.24) is 15.1 Å². The second-order valence-corrected chi connectivity index (χ2v) is 6.44. The van der Waals surface area contributed by atoms with E-state index in [0.717, 1.165) is 36.3 Å². The van der Waals surface area contributed by atoms with E-state index in [-0.39, 0.29) is 11.8 Å². The lowest BCUT2D eigenvalue weighted by Gasteiger charge is -2.23. The van der Waals surface area contributed by atoms with Crippen molar-refractivity contribution in [1.29, 1.82) is 0 Å². The van der Waals surface area contributed by atoms with Crippen LogP contribution in [-0.2, 0) is 24.3 Å². The SMILES string of the molecule is C=CC(=O)N(Cc1cc2n(n1)CCC2)c1ccc(C(=O)NCC)cc1C. The Morgan fingerprint density at radius 2 is 2.19 bits per heavy atom. The van der Waals surface area contributed by atoms with Crippen molar-refractivity contribution in [3.05, 3.63) is 59.4 Å². The molecule has 26 heavy (non-hydrogen) atoms. The standard InChI is InChI=1S/C20H24N4O2/c1-4-19(25)23(13-16-12-17-7-6-10-24(17)22-16)18-9-8-15(11-14(18)3)20(26)21-5-2/h4,8-9,11-12H,1,5-7,10,13H2,2-3H3,(H,21,26). The van der Waals surface area contributed by atoms with E-state index < -0.39 is 0 Å². The molecule has 0 saturated carbocycles. The predicted molar refractivity (Wildman–Crippen MR) is 101 cm³/mol. The molecule has 1 aromatic heterocycles. The minimum Gasteiger partial charge on any atom is -0.352 e. The number of carbonyl (C=O) groups excluding carboxylic acids is 2. The first-order valence-corrected chi connectivity index (χ1v) is 8.92. The van der Waals surface area contributed by atoms with E-state index in [0.29, 0.717) is 18.7 Å². The highest BCUT2D eigenvalue weighted by Crippen LogP contribution is 2.25. The van der Waals surface area contributed by atoms with Gasteiger partial charge in [-0.25, -0.2) is 0 Å². The van der Waals surface area contributed by atoms with Gasteiger partial charge in [-0.1, -0.05) is 6.58 Å². The van der Waals surface area contributed by atoms with E-state index in [1.165, 1.54) is 11.8 Å². The molecule has 0 radical (unpaired) electrons. The van der Waals surface area contributed by atoms with Gasteiger partial charge >= 0.3 is 0 Å². The molecule has 1 aromatic carbocycles. The van der Waals surface area contributed by atoms with Crippen LogP contribution in [0.5, 0.6) is 0 Å². The van der Waals surface area contributed by atoms with Crippen LogP contribution in [0.2, 0.25) is 0 Å². The van der Waals surface area contributed by atoms with Crippen LogP contribution in [0.15, 0.2) is 36.9 Å². The number of nitrogens with zero attached hydrogens (tertiary/aromatic N) is 3. The Kier molecular flexibility index (Phi) is 5.21. The summed E-state index contributed by atoms with van der Waals surface area (Å²) in [6, 6.07) is 7.42. The summed E-state index contributed by atoms with van der Waals surface area (Å²) >= 11 is 0. The van der Waals surface area contributed by atoms with Crippen molar-refractivity contribution in [2.75, 3.05) is 11.4 Å². The minimum absolute atomic E-state index is 0.116. The first kappa shape index (κ1) is 17.9. The van der Waals surface area contributed by atoms with Crippen LogP contribution < -0.4 is 10.2 Å². The van der Waals surface area contributed by atoms with Gasteiger partial charge in [0.25, 0.3) is 11.8 Å². The molecule has 1 N–H and O–H groups in total. The summed E-state index contributed by atoms with van der Waals surface area (Å²) in [4.78, 5) is 26.1. The highest BCUT2D eigenvalue weighted by atomic mass is 16.2. The maximum absolute atomic E-state index is 12.5. The second kappa shape index (κ2) is 7.56. The Balaban J connectivity index is 1.88. The van der Waals surface area contributed by atoms with Crippen molar-refractivity contribution in [2.45, 2.75) is 39.8 Å². The molecule has 0 fully saturated rings. The molecule has 0 aliphatic carbocycles. The fourth-order valence-corrected chi connectivity index (χ4v) is 3.31. The zero-order valence-corrected chi connectivity index (χ0v) is 15.3. The molecule has 1 aliphatic heterocycles. The summed E-state index contributed by atoms with van der Waals surface area (Å²) in [7, 11) is 0. The van der Waals surface area contributed by atoms with Crippen molar-refractivity contribution in [3.8, 4) is 0 Å². The number of carbonyl (C=O) groups is 2. The lowest BCUT2D eigenvalue weighted by atomic mass is 10.1. The third kappa shape index (κ3) is 3.54. The number of aromatic nitrogens is 2. The van der Waals surface area contributed by atoms with Crippen molar-refractivity contribution >= 4 is 17.5 Å². The zero-order valence-electron chi connectivity index (χ0n) is 15.3. The van der Waals surface area contributed by atoms with Gasteiger partial charge in [-0.05, 0) is 62.6 Å². The van der Waals surface area contributed by atoms with Gasteiger partial charge in [0.2, 0.25) is 0 Å². The molecule has 6 heteroatoms. The summed E-state index contributed by atoms with van der Waals surface area (Å²) in [5.74, 6) is -0.304. The number of aryl methyl sites for hydroxylation is 3. The number of hydrogen-bond acceptors (Lipinski definition) is 3. The fourth-order valence-electron chi connectivity index (χ4n) is 3.31. The molecule has 0 spiro atoms. The third-order valence-electron chi connectivity index (χ3n) is 4.56. The van der Waals surface area contributed by atoms with Gasteiger partial charge in [0.1, 0.15) is 0 Å². The Morgan fingerprint density at radius 3 is 2.85 bits per heavy atom. The minimum atomic E-state index is -0.188. The average molecular weight is 352 g/mol. The number of benzene rings is 1. The van der Waals surface area contributed by atoms with Gasteiger partial charge in [-0.2, -0.15) is 5.10 Å². The van der Waals surface area contributed by atoms with Gasteiger partial charge < -0.3 is 10.2 Å². The fraction of sp³-hybridized carbons (Fsp3) is 0.350. The lowest BCUT2D eigenvalue weighted by molar-refractivity contribution is -0.114. The highest BCUT2D eigenvalue weighted by Gasteiger charge is 2.20. The zero-order chi connectivity index (χ0) is 18.7. The molecule has 6 nitrogen and oxygen atoms in total. The Hall–Kier alpha value is -2.89.